The molecule has 0 spiro atoms. The highest BCUT2D eigenvalue weighted by Crippen LogP contribution is 2.20. The van der Waals surface area contributed by atoms with Crippen molar-refractivity contribution in [3.63, 3.8) is 0 Å². The van der Waals surface area contributed by atoms with Crippen molar-refractivity contribution in [3.05, 3.63) is 0 Å². The molecule has 0 aromatic heterocycles. The van der Waals surface area contributed by atoms with Gasteiger partial charge in [-0.05, 0) is 12.8 Å². The fourth-order valence-corrected chi connectivity index (χ4v) is 1.50. The van der Waals surface area contributed by atoms with E-state index in [4.69, 9.17) is 0 Å². The van der Waals surface area contributed by atoms with E-state index >= 15 is 0 Å². The predicted octanol–water partition coefficient (Wildman–Crippen LogP) is -0.290. The first-order chi connectivity index (χ1) is 3.97. The molecule has 0 amide bonds. The van der Waals surface area contributed by atoms with E-state index in [1.165, 1.54) is 25.9 Å². The molecule has 1 aliphatic heterocycles. The smallest absolute Gasteiger partial charge is 0.0222 e. The molecule has 0 aromatic carbocycles. The summed E-state index contributed by atoms with van der Waals surface area (Å²) in [6.07, 6.45) is 2.77. The molecular formula is C6H12N2. The van der Waals surface area contributed by atoms with E-state index in [2.05, 4.69) is 10.6 Å². The summed E-state index contributed by atoms with van der Waals surface area (Å²) in [6.45, 7) is 2.34. The number of piperazine rings is 1. The highest BCUT2D eigenvalue weighted by molar-refractivity contribution is 4.95. The Kier molecular flexibility index (Phi) is 1.02. The standard InChI is InChI=1S/C6H12N2/c1-2-6-5(1)7-3-4-8-6/h5-8H,1-4H2/t5-,6+. The first kappa shape index (κ1) is 4.77. The molecule has 1 saturated carbocycles. The second kappa shape index (κ2) is 1.71. The van der Waals surface area contributed by atoms with Crippen LogP contribution in [0.1, 0.15) is 12.8 Å². The van der Waals surface area contributed by atoms with Gasteiger partial charge in [0.1, 0.15) is 0 Å². The Morgan fingerprint density at radius 2 is 1.38 bits per heavy atom. The van der Waals surface area contributed by atoms with Crippen molar-refractivity contribution in [3.8, 4) is 0 Å². The Balaban J connectivity index is 1.92. The van der Waals surface area contributed by atoms with Gasteiger partial charge in [-0.1, -0.05) is 0 Å². The fourth-order valence-electron chi connectivity index (χ4n) is 1.50. The Morgan fingerprint density at radius 3 is 1.62 bits per heavy atom. The maximum absolute atomic E-state index is 3.46. The third kappa shape index (κ3) is 0.565. The van der Waals surface area contributed by atoms with Crippen LogP contribution in [-0.2, 0) is 0 Å². The van der Waals surface area contributed by atoms with Crippen LogP contribution < -0.4 is 10.6 Å². The molecule has 8 heavy (non-hydrogen) atoms. The molecule has 2 N–H and O–H groups in total. The summed E-state index contributed by atoms with van der Waals surface area (Å²) >= 11 is 0. The minimum absolute atomic E-state index is 0.823. The number of nitrogens with one attached hydrogen (secondary N) is 2. The zero-order valence-corrected chi connectivity index (χ0v) is 4.98. The van der Waals surface area contributed by atoms with E-state index < -0.39 is 0 Å². The third-order valence-corrected chi connectivity index (χ3v) is 2.21. The molecule has 2 fully saturated rings. The Hall–Kier alpha value is -0.0800. The minimum atomic E-state index is 0.823. The second-order valence-corrected chi connectivity index (χ2v) is 2.70. The highest BCUT2D eigenvalue weighted by Gasteiger charge is 2.31. The SMILES string of the molecule is C1CN[C@@H]2CC[C@@H]2N1. The lowest BCUT2D eigenvalue weighted by molar-refractivity contribution is 0.206. The van der Waals surface area contributed by atoms with Crippen molar-refractivity contribution in [2.75, 3.05) is 13.1 Å². The van der Waals surface area contributed by atoms with Gasteiger partial charge < -0.3 is 10.6 Å². The van der Waals surface area contributed by atoms with Gasteiger partial charge in [-0.25, -0.2) is 0 Å². The lowest BCUT2D eigenvalue weighted by Gasteiger charge is -2.41. The lowest BCUT2D eigenvalue weighted by atomic mass is 9.85. The Morgan fingerprint density at radius 1 is 0.875 bits per heavy atom. The normalized spacial score (nSPS) is 45.0. The van der Waals surface area contributed by atoms with Gasteiger partial charge in [0.2, 0.25) is 0 Å². The second-order valence-electron chi connectivity index (χ2n) is 2.70. The van der Waals surface area contributed by atoms with Gasteiger partial charge in [0, 0.05) is 25.2 Å². The van der Waals surface area contributed by atoms with Crippen LogP contribution >= 0.6 is 0 Å². The monoisotopic (exact) mass is 112 g/mol. The number of rotatable bonds is 0. The molecule has 0 bridgehead atoms. The van der Waals surface area contributed by atoms with E-state index in [0.717, 1.165) is 12.1 Å². The maximum atomic E-state index is 3.46. The summed E-state index contributed by atoms with van der Waals surface area (Å²) < 4.78 is 0. The molecule has 46 valence electrons. The van der Waals surface area contributed by atoms with Gasteiger partial charge in [0.25, 0.3) is 0 Å². The van der Waals surface area contributed by atoms with Gasteiger partial charge in [-0.3, -0.25) is 0 Å². The molecule has 0 aromatic rings. The van der Waals surface area contributed by atoms with Crippen LogP contribution in [0, 0.1) is 0 Å². The van der Waals surface area contributed by atoms with Crippen LogP contribution in [0.15, 0.2) is 0 Å². The van der Waals surface area contributed by atoms with Gasteiger partial charge in [-0.2, -0.15) is 0 Å². The number of hydrogen-bond acceptors (Lipinski definition) is 2. The van der Waals surface area contributed by atoms with Crippen LogP contribution in [0.2, 0.25) is 0 Å². The predicted molar refractivity (Wildman–Crippen MR) is 32.8 cm³/mol. The summed E-state index contributed by atoms with van der Waals surface area (Å²) in [5.74, 6) is 0. The molecule has 0 radical (unpaired) electrons. The van der Waals surface area contributed by atoms with E-state index in [1.807, 2.05) is 0 Å². The molecule has 1 saturated heterocycles. The zero-order chi connectivity index (χ0) is 5.40. The fraction of sp³-hybridized carbons (Fsp3) is 1.00. The van der Waals surface area contributed by atoms with Crippen molar-refractivity contribution in [2.24, 2.45) is 0 Å². The molecule has 2 nitrogen and oxygen atoms in total. The largest absolute Gasteiger partial charge is 0.311 e. The summed E-state index contributed by atoms with van der Waals surface area (Å²) in [7, 11) is 0. The van der Waals surface area contributed by atoms with E-state index in [1.54, 1.807) is 0 Å². The highest BCUT2D eigenvalue weighted by atomic mass is 15.1. The van der Waals surface area contributed by atoms with Crippen molar-refractivity contribution in [1.29, 1.82) is 0 Å². The average molecular weight is 112 g/mol. The molecule has 2 heteroatoms. The van der Waals surface area contributed by atoms with Crippen LogP contribution in [0.3, 0.4) is 0 Å². The number of fused-ring (bicyclic) bond motifs is 1. The third-order valence-electron chi connectivity index (χ3n) is 2.21. The molecular weight excluding hydrogens is 100 g/mol. The lowest BCUT2D eigenvalue weighted by Crippen LogP contribution is -2.61. The van der Waals surface area contributed by atoms with Gasteiger partial charge in [0.15, 0.2) is 0 Å². The van der Waals surface area contributed by atoms with E-state index in [-0.39, 0.29) is 0 Å². The van der Waals surface area contributed by atoms with Gasteiger partial charge in [0.05, 0.1) is 0 Å². The van der Waals surface area contributed by atoms with E-state index in [0.29, 0.717) is 0 Å². The van der Waals surface area contributed by atoms with Crippen molar-refractivity contribution in [2.45, 2.75) is 24.9 Å². The van der Waals surface area contributed by atoms with Crippen LogP contribution in [0.5, 0.6) is 0 Å². The summed E-state index contributed by atoms with van der Waals surface area (Å²) in [5, 5.41) is 6.91. The van der Waals surface area contributed by atoms with Crippen LogP contribution in [0.25, 0.3) is 0 Å². The first-order valence-corrected chi connectivity index (χ1v) is 3.43. The molecule has 2 atom stereocenters. The van der Waals surface area contributed by atoms with Gasteiger partial charge in [-0.15, -0.1) is 0 Å². The molecule has 1 aliphatic carbocycles. The van der Waals surface area contributed by atoms with Crippen molar-refractivity contribution >= 4 is 0 Å². The first-order valence-electron chi connectivity index (χ1n) is 3.43. The molecule has 1 heterocycles. The summed E-state index contributed by atoms with van der Waals surface area (Å²) in [4.78, 5) is 0. The summed E-state index contributed by atoms with van der Waals surface area (Å²) in [5.41, 5.74) is 0. The van der Waals surface area contributed by atoms with E-state index in [9.17, 15) is 0 Å². The topological polar surface area (TPSA) is 24.1 Å². The Labute approximate surface area is 49.7 Å². The molecule has 2 rings (SSSR count). The minimum Gasteiger partial charge on any atom is -0.311 e. The summed E-state index contributed by atoms with van der Waals surface area (Å²) in [6, 6.07) is 1.65. The maximum Gasteiger partial charge on any atom is 0.0222 e. The van der Waals surface area contributed by atoms with Gasteiger partial charge >= 0.3 is 0 Å². The van der Waals surface area contributed by atoms with Crippen molar-refractivity contribution < 1.29 is 0 Å². The Bertz CT molecular complexity index is 80.5. The molecule has 0 unspecified atom stereocenters. The molecule has 2 aliphatic rings. The number of hydrogen-bond donors (Lipinski definition) is 2. The van der Waals surface area contributed by atoms with Crippen LogP contribution in [-0.4, -0.2) is 25.2 Å². The zero-order valence-electron chi connectivity index (χ0n) is 4.98. The quantitative estimate of drug-likeness (QED) is 0.450. The van der Waals surface area contributed by atoms with Crippen LogP contribution in [0.4, 0.5) is 0 Å². The average Bonchev–Trinajstić information content (AvgIpc) is 1.72. The van der Waals surface area contributed by atoms with Crippen molar-refractivity contribution in [1.82, 2.24) is 10.6 Å².